The van der Waals surface area contributed by atoms with E-state index < -0.39 is 21.8 Å². The summed E-state index contributed by atoms with van der Waals surface area (Å²) in [7, 11) is -2.74. The van der Waals surface area contributed by atoms with Gasteiger partial charge in [-0.15, -0.1) is 0 Å². The monoisotopic (exact) mass is 455 g/mol. The van der Waals surface area contributed by atoms with Crippen LogP contribution in [0.2, 0.25) is 0 Å². The number of carbonyl (C=O) groups is 2. The van der Waals surface area contributed by atoms with Gasteiger partial charge in [0, 0.05) is 11.3 Å². The van der Waals surface area contributed by atoms with Gasteiger partial charge >= 0.3 is 0 Å². The minimum Gasteiger partial charge on any atom is -0.495 e. The molecule has 0 aromatic heterocycles. The molecule has 32 heavy (non-hydrogen) atoms. The SMILES string of the molecule is COc1ccc(NC(=O)CNC(=O)c2ccc(Oc3ccccc3)cc2)cc1S(N)(=O)=O. The Morgan fingerprint density at radius 2 is 1.59 bits per heavy atom. The number of carbonyl (C=O) groups excluding carboxylic acids is 2. The van der Waals surface area contributed by atoms with Crippen molar-refractivity contribution in [2.45, 2.75) is 4.90 Å². The van der Waals surface area contributed by atoms with Gasteiger partial charge in [-0.2, -0.15) is 0 Å². The van der Waals surface area contributed by atoms with Gasteiger partial charge in [-0.1, -0.05) is 18.2 Å². The Kier molecular flexibility index (Phi) is 7.08. The molecule has 0 atom stereocenters. The first-order valence-electron chi connectivity index (χ1n) is 9.38. The number of anilines is 1. The zero-order valence-electron chi connectivity index (χ0n) is 17.1. The predicted molar refractivity (Wildman–Crippen MR) is 118 cm³/mol. The van der Waals surface area contributed by atoms with Crippen LogP contribution < -0.4 is 25.2 Å². The molecule has 9 nitrogen and oxygen atoms in total. The number of rotatable bonds is 8. The van der Waals surface area contributed by atoms with Crippen molar-refractivity contribution in [2.75, 3.05) is 19.0 Å². The van der Waals surface area contributed by atoms with Gasteiger partial charge in [-0.05, 0) is 54.6 Å². The van der Waals surface area contributed by atoms with Gasteiger partial charge in [-0.3, -0.25) is 9.59 Å². The first kappa shape index (κ1) is 22.8. The second-order valence-electron chi connectivity index (χ2n) is 6.58. The number of ether oxygens (including phenoxy) is 2. The molecule has 0 aliphatic carbocycles. The summed E-state index contributed by atoms with van der Waals surface area (Å²) in [6, 6.07) is 19.7. The number of primary sulfonamides is 1. The first-order chi connectivity index (χ1) is 15.3. The van der Waals surface area contributed by atoms with Gasteiger partial charge in [0.15, 0.2) is 0 Å². The van der Waals surface area contributed by atoms with E-state index in [4.69, 9.17) is 14.6 Å². The third-order valence-electron chi connectivity index (χ3n) is 4.26. The summed E-state index contributed by atoms with van der Waals surface area (Å²) in [5.74, 6) is 0.291. The molecule has 0 fully saturated rings. The molecule has 0 aliphatic heterocycles. The van der Waals surface area contributed by atoms with Crippen LogP contribution in [-0.4, -0.2) is 33.9 Å². The maximum atomic E-state index is 12.3. The van der Waals surface area contributed by atoms with Crippen LogP contribution in [0.4, 0.5) is 5.69 Å². The van der Waals surface area contributed by atoms with Crippen LogP contribution in [0.15, 0.2) is 77.7 Å². The fourth-order valence-electron chi connectivity index (χ4n) is 2.74. The molecule has 0 spiro atoms. The highest BCUT2D eigenvalue weighted by Gasteiger charge is 2.16. The normalized spacial score (nSPS) is 10.8. The summed E-state index contributed by atoms with van der Waals surface area (Å²) in [4.78, 5) is 24.2. The van der Waals surface area contributed by atoms with Gasteiger partial charge in [0.1, 0.15) is 22.1 Å². The molecule has 0 unspecified atom stereocenters. The summed E-state index contributed by atoms with van der Waals surface area (Å²) in [5.41, 5.74) is 0.538. The van der Waals surface area contributed by atoms with Crippen molar-refractivity contribution < 1.29 is 27.5 Å². The quantitative estimate of drug-likeness (QED) is 0.477. The highest BCUT2D eigenvalue weighted by Crippen LogP contribution is 2.26. The molecule has 4 N–H and O–H groups in total. The molecule has 3 aromatic carbocycles. The topological polar surface area (TPSA) is 137 Å². The maximum Gasteiger partial charge on any atom is 0.251 e. The third-order valence-corrected chi connectivity index (χ3v) is 5.19. The van der Waals surface area contributed by atoms with Crippen molar-refractivity contribution in [3.63, 3.8) is 0 Å². The number of methoxy groups -OCH3 is 1. The maximum absolute atomic E-state index is 12.3. The first-order valence-corrected chi connectivity index (χ1v) is 10.9. The van der Waals surface area contributed by atoms with Crippen LogP contribution in [0.1, 0.15) is 10.4 Å². The molecule has 0 saturated heterocycles. The van der Waals surface area contributed by atoms with Gasteiger partial charge < -0.3 is 20.1 Å². The van der Waals surface area contributed by atoms with Crippen LogP contribution in [-0.2, 0) is 14.8 Å². The average molecular weight is 455 g/mol. The molecule has 0 bridgehead atoms. The van der Waals surface area contributed by atoms with Crippen LogP contribution in [0, 0.1) is 0 Å². The van der Waals surface area contributed by atoms with Crippen LogP contribution in [0.25, 0.3) is 0 Å². The third kappa shape index (κ3) is 6.06. The lowest BCUT2D eigenvalue weighted by atomic mass is 10.2. The Hall–Kier alpha value is -3.89. The van der Waals surface area contributed by atoms with Crippen molar-refractivity contribution in [2.24, 2.45) is 5.14 Å². The summed E-state index contributed by atoms with van der Waals surface area (Å²) < 4.78 is 34.0. The van der Waals surface area contributed by atoms with Gasteiger partial charge in [0.25, 0.3) is 5.91 Å². The molecular formula is C22H21N3O6S. The molecular weight excluding hydrogens is 434 g/mol. The molecule has 0 aliphatic rings. The van der Waals surface area contributed by atoms with Crippen molar-refractivity contribution in [1.29, 1.82) is 0 Å². The second kappa shape index (κ2) is 9.94. The second-order valence-corrected chi connectivity index (χ2v) is 8.11. The number of amides is 2. The van der Waals surface area contributed by atoms with E-state index in [0.717, 1.165) is 0 Å². The fraction of sp³-hybridized carbons (Fsp3) is 0.0909. The number of sulfonamides is 1. The fourth-order valence-corrected chi connectivity index (χ4v) is 3.47. The largest absolute Gasteiger partial charge is 0.495 e. The number of nitrogens with one attached hydrogen (secondary N) is 2. The average Bonchev–Trinajstić information content (AvgIpc) is 2.78. The van der Waals surface area contributed by atoms with Gasteiger partial charge in [0.2, 0.25) is 15.9 Å². The molecule has 0 heterocycles. The molecule has 0 radical (unpaired) electrons. The van der Waals surface area contributed by atoms with Gasteiger partial charge in [0.05, 0.1) is 13.7 Å². The number of benzene rings is 3. The molecule has 0 saturated carbocycles. The Balaban J connectivity index is 1.56. The summed E-state index contributed by atoms with van der Waals surface area (Å²) in [6.45, 7) is -0.322. The predicted octanol–water partition coefficient (Wildman–Crippen LogP) is 2.50. The number of hydrogen-bond donors (Lipinski definition) is 3. The number of nitrogens with two attached hydrogens (primary N) is 1. The lowest BCUT2D eigenvalue weighted by Crippen LogP contribution is -2.32. The Morgan fingerprint density at radius 1 is 0.938 bits per heavy atom. The summed E-state index contributed by atoms with van der Waals surface area (Å²) in [6.07, 6.45) is 0. The Bertz CT molecular complexity index is 1210. The molecule has 3 rings (SSSR count). The van der Waals surface area contributed by atoms with Crippen LogP contribution >= 0.6 is 0 Å². The minimum absolute atomic E-state index is 0.0542. The van der Waals surface area contributed by atoms with E-state index >= 15 is 0 Å². The highest BCUT2D eigenvalue weighted by molar-refractivity contribution is 7.89. The van der Waals surface area contributed by atoms with E-state index in [-0.39, 0.29) is 22.9 Å². The van der Waals surface area contributed by atoms with Crippen molar-refractivity contribution in [3.05, 3.63) is 78.4 Å². The van der Waals surface area contributed by atoms with Gasteiger partial charge in [-0.25, -0.2) is 13.6 Å². The van der Waals surface area contributed by atoms with E-state index in [9.17, 15) is 18.0 Å². The van der Waals surface area contributed by atoms with E-state index in [0.29, 0.717) is 17.1 Å². The Labute approximate surface area is 185 Å². The van der Waals surface area contributed by atoms with Crippen molar-refractivity contribution >= 4 is 27.5 Å². The lowest BCUT2D eigenvalue weighted by molar-refractivity contribution is -0.115. The number of hydrogen-bond acceptors (Lipinski definition) is 6. The summed E-state index contributed by atoms with van der Waals surface area (Å²) >= 11 is 0. The van der Waals surface area contributed by atoms with Crippen LogP contribution in [0.5, 0.6) is 17.2 Å². The molecule has 166 valence electrons. The van der Waals surface area contributed by atoms with Crippen molar-refractivity contribution in [3.8, 4) is 17.2 Å². The van der Waals surface area contributed by atoms with E-state index in [1.54, 1.807) is 24.3 Å². The minimum atomic E-state index is -4.05. The van der Waals surface area contributed by atoms with E-state index in [1.165, 1.54) is 25.3 Å². The Morgan fingerprint density at radius 3 is 2.22 bits per heavy atom. The highest BCUT2D eigenvalue weighted by atomic mass is 32.2. The standard InChI is InChI=1S/C22H21N3O6S/c1-30-19-12-9-16(13-20(19)32(23,28)29)25-21(26)14-24-22(27)15-7-10-18(11-8-15)31-17-5-3-2-4-6-17/h2-13H,14H2,1H3,(H,24,27)(H,25,26)(H2,23,28,29). The summed E-state index contributed by atoms with van der Waals surface area (Å²) in [5, 5.41) is 10.2. The van der Waals surface area contributed by atoms with Crippen LogP contribution in [0.3, 0.4) is 0 Å². The zero-order valence-corrected chi connectivity index (χ0v) is 17.9. The van der Waals surface area contributed by atoms with E-state index in [2.05, 4.69) is 10.6 Å². The smallest absolute Gasteiger partial charge is 0.251 e. The van der Waals surface area contributed by atoms with E-state index in [1.807, 2.05) is 30.3 Å². The van der Waals surface area contributed by atoms with Crippen molar-refractivity contribution in [1.82, 2.24) is 5.32 Å². The molecule has 3 aromatic rings. The molecule has 2 amide bonds. The lowest BCUT2D eigenvalue weighted by Gasteiger charge is -2.11. The zero-order chi connectivity index (χ0) is 23.1. The number of para-hydroxylation sites is 1. The molecule has 10 heteroatoms.